The van der Waals surface area contributed by atoms with Crippen LogP contribution in [0.1, 0.15) is 23.6 Å². The molecule has 0 aliphatic heterocycles. The largest absolute Gasteiger partial charge is 0.417 e. The highest BCUT2D eigenvalue weighted by Gasteiger charge is 2.36. The molecule has 0 aromatic heterocycles. The van der Waals surface area contributed by atoms with Gasteiger partial charge >= 0.3 is 6.18 Å². The van der Waals surface area contributed by atoms with Crippen molar-refractivity contribution in [3.63, 3.8) is 0 Å². The average Bonchev–Trinajstić information content (AvgIpc) is 2.57. The molecule has 2 rings (SSSR count). The summed E-state index contributed by atoms with van der Waals surface area (Å²) >= 11 is 5.61. The molecule has 0 spiro atoms. The van der Waals surface area contributed by atoms with Gasteiger partial charge in [-0.25, -0.2) is 8.42 Å². The smallest absolute Gasteiger partial charge is 0.324 e. The highest BCUT2D eigenvalue weighted by molar-refractivity contribution is 7.92. The molecule has 0 radical (unpaired) electrons. The molecule has 10 heteroatoms. The molecule has 1 N–H and O–H groups in total. The van der Waals surface area contributed by atoms with Crippen LogP contribution in [0.15, 0.2) is 36.4 Å². The lowest BCUT2D eigenvalue weighted by Crippen LogP contribution is -2.45. The first-order chi connectivity index (χ1) is 13.2. The summed E-state index contributed by atoms with van der Waals surface area (Å²) in [5, 5.41) is 2.03. The molecule has 2 aromatic rings. The number of carbonyl (C=O) groups excluding carboxylic acids is 1. The van der Waals surface area contributed by atoms with Crippen LogP contribution in [-0.4, -0.2) is 26.6 Å². The van der Waals surface area contributed by atoms with E-state index >= 15 is 0 Å². The first-order valence-electron chi connectivity index (χ1n) is 8.46. The highest BCUT2D eigenvalue weighted by atomic mass is 35.5. The van der Waals surface area contributed by atoms with Crippen molar-refractivity contribution in [3.05, 3.63) is 58.1 Å². The normalized spacial score (nSPS) is 13.1. The van der Waals surface area contributed by atoms with Crippen molar-refractivity contribution in [2.75, 3.05) is 15.9 Å². The molecule has 1 atom stereocenters. The number of hydrogen-bond acceptors (Lipinski definition) is 3. The summed E-state index contributed by atoms with van der Waals surface area (Å²) in [6.07, 6.45) is -3.96. The Morgan fingerprint density at radius 2 is 1.72 bits per heavy atom. The number of nitrogens with one attached hydrogen (secondary N) is 1. The van der Waals surface area contributed by atoms with Gasteiger partial charge in [-0.3, -0.25) is 9.10 Å². The van der Waals surface area contributed by atoms with E-state index in [0.29, 0.717) is 16.1 Å². The summed E-state index contributed by atoms with van der Waals surface area (Å²) in [6, 6.07) is 6.54. The number of aryl methyl sites for hydroxylation is 2. The van der Waals surface area contributed by atoms with Gasteiger partial charge in [0.2, 0.25) is 15.9 Å². The van der Waals surface area contributed by atoms with Gasteiger partial charge in [-0.15, -0.1) is 0 Å². The van der Waals surface area contributed by atoms with Gasteiger partial charge < -0.3 is 5.32 Å². The van der Waals surface area contributed by atoms with Crippen molar-refractivity contribution in [1.29, 1.82) is 0 Å². The van der Waals surface area contributed by atoms with Crippen molar-refractivity contribution in [2.24, 2.45) is 0 Å². The van der Waals surface area contributed by atoms with E-state index in [1.54, 1.807) is 18.2 Å². The fourth-order valence-electron chi connectivity index (χ4n) is 2.74. The van der Waals surface area contributed by atoms with Crippen molar-refractivity contribution < 1.29 is 26.4 Å². The molecule has 2 aromatic carbocycles. The monoisotopic (exact) mass is 448 g/mol. The number of nitrogens with zero attached hydrogens (tertiary/aromatic N) is 1. The lowest BCUT2D eigenvalue weighted by molar-refractivity contribution is -0.137. The number of amides is 1. The fourth-order valence-corrected chi connectivity index (χ4v) is 4.13. The maximum atomic E-state index is 13.2. The van der Waals surface area contributed by atoms with Gasteiger partial charge in [0.25, 0.3) is 0 Å². The second-order valence-electron chi connectivity index (χ2n) is 6.68. The minimum Gasteiger partial charge on any atom is -0.324 e. The average molecular weight is 449 g/mol. The minimum atomic E-state index is -4.78. The van der Waals surface area contributed by atoms with Crippen LogP contribution in [-0.2, 0) is 21.0 Å². The number of carbonyl (C=O) groups is 1. The van der Waals surface area contributed by atoms with Gasteiger partial charge in [0.05, 0.1) is 22.5 Å². The highest BCUT2D eigenvalue weighted by Crippen LogP contribution is 2.37. The fraction of sp³-hybridized carbons (Fsp3) is 0.316. The maximum absolute atomic E-state index is 13.2. The molecular formula is C19H20ClF3N2O3S. The van der Waals surface area contributed by atoms with Gasteiger partial charge in [0.15, 0.2) is 0 Å². The van der Waals surface area contributed by atoms with Crippen LogP contribution < -0.4 is 9.62 Å². The molecule has 0 aliphatic carbocycles. The van der Waals surface area contributed by atoms with Crippen molar-refractivity contribution >= 4 is 38.9 Å². The summed E-state index contributed by atoms with van der Waals surface area (Å²) in [7, 11) is -4.08. The molecule has 158 valence electrons. The zero-order valence-electron chi connectivity index (χ0n) is 16.1. The summed E-state index contributed by atoms with van der Waals surface area (Å²) in [4.78, 5) is 12.7. The zero-order valence-corrected chi connectivity index (χ0v) is 17.7. The molecule has 0 fully saturated rings. The Labute approximate surface area is 172 Å². The summed E-state index contributed by atoms with van der Waals surface area (Å²) in [5.41, 5.74) is 0.877. The van der Waals surface area contributed by atoms with E-state index in [-0.39, 0.29) is 5.69 Å². The Morgan fingerprint density at radius 3 is 2.24 bits per heavy atom. The Hall–Kier alpha value is -2.26. The Bertz CT molecular complexity index is 1040. The van der Waals surface area contributed by atoms with Crippen LogP contribution in [0.5, 0.6) is 0 Å². The van der Waals surface area contributed by atoms with Crippen LogP contribution in [0.3, 0.4) is 0 Å². The SMILES string of the molecule is Cc1ccc(NC(=O)[C@H](C)N(c2ccc(Cl)c(C(F)(F)F)c2)S(C)(=O)=O)cc1C. The van der Waals surface area contributed by atoms with Crippen molar-refractivity contribution in [2.45, 2.75) is 33.0 Å². The molecule has 5 nitrogen and oxygen atoms in total. The van der Waals surface area contributed by atoms with Crippen LogP contribution in [0, 0.1) is 13.8 Å². The number of sulfonamides is 1. The lowest BCUT2D eigenvalue weighted by atomic mass is 10.1. The molecule has 0 unspecified atom stereocenters. The van der Waals surface area contributed by atoms with E-state index in [0.717, 1.165) is 29.5 Å². The van der Waals surface area contributed by atoms with Crippen molar-refractivity contribution in [3.8, 4) is 0 Å². The predicted octanol–water partition coefficient (Wildman–Crippen LogP) is 4.77. The topological polar surface area (TPSA) is 66.5 Å². The van der Waals surface area contributed by atoms with Gasteiger partial charge in [-0.05, 0) is 62.2 Å². The van der Waals surface area contributed by atoms with E-state index in [9.17, 15) is 26.4 Å². The van der Waals surface area contributed by atoms with Crippen LogP contribution in [0.2, 0.25) is 5.02 Å². The molecule has 29 heavy (non-hydrogen) atoms. The first-order valence-corrected chi connectivity index (χ1v) is 10.7. The third kappa shape index (κ3) is 5.42. The molecule has 0 heterocycles. The Morgan fingerprint density at radius 1 is 1.10 bits per heavy atom. The second kappa shape index (κ2) is 8.23. The summed E-state index contributed by atoms with van der Waals surface area (Å²) < 4.78 is 64.8. The predicted molar refractivity (Wildman–Crippen MR) is 108 cm³/mol. The maximum Gasteiger partial charge on any atom is 0.417 e. The first kappa shape index (κ1) is 23.0. The Balaban J connectivity index is 2.42. The molecule has 0 aliphatic rings. The van der Waals surface area contributed by atoms with Gasteiger partial charge in [-0.1, -0.05) is 17.7 Å². The number of benzene rings is 2. The number of anilines is 2. The van der Waals surface area contributed by atoms with Crippen LogP contribution in [0.4, 0.5) is 24.5 Å². The van der Waals surface area contributed by atoms with Gasteiger partial charge in [0.1, 0.15) is 6.04 Å². The van der Waals surface area contributed by atoms with Crippen molar-refractivity contribution in [1.82, 2.24) is 0 Å². The standard InChI is InChI=1S/C19H20ClF3N2O3S/c1-11-5-6-14(9-12(11)2)24-18(26)13(3)25(29(4,27)28)15-7-8-17(20)16(10-15)19(21,22)23/h5-10,13H,1-4H3,(H,24,26)/t13-/m0/s1. The van der Waals surface area contributed by atoms with E-state index in [4.69, 9.17) is 11.6 Å². The molecular weight excluding hydrogens is 429 g/mol. The van der Waals surface area contributed by atoms with Crippen LogP contribution in [0.25, 0.3) is 0 Å². The van der Waals surface area contributed by atoms with Gasteiger partial charge in [0, 0.05) is 5.69 Å². The van der Waals surface area contributed by atoms with E-state index in [2.05, 4.69) is 5.32 Å². The third-order valence-corrected chi connectivity index (χ3v) is 5.94. The zero-order chi connectivity index (χ0) is 22.1. The number of rotatable bonds is 5. The van der Waals surface area contributed by atoms with Gasteiger partial charge in [-0.2, -0.15) is 13.2 Å². The number of halogens is 4. The number of hydrogen-bond donors (Lipinski definition) is 1. The van der Waals surface area contributed by atoms with E-state index in [1.165, 1.54) is 6.92 Å². The van der Waals surface area contributed by atoms with E-state index < -0.39 is 38.7 Å². The molecule has 0 saturated carbocycles. The number of alkyl halides is 3. The summed E-state index contributed by atoms with van der Waals surface area (Å²) in [5.74, 6) is -0.692. The molecule has 1 amide bonds. The Kier molecular flexibility index (Phi) is 6.54. The summed E-state index contributed by atoms with van der Waals surface area (Å²) in [6.45, 7) is 5.04. The molecule has 0 saturated heterocycles. The second-order valence-corrected chi connectivity index (χ2v) is 8.95. The van der Waals surface area contributed by atoms with Crippen LogP contribution >= 0.6 is 11.6 Å². The third-order valence-electron chi connectivity index (χ3n) is 4.37. The lowest BCUT2D eigenvalue weighted by Gasteiger charge is -2.29. The minimum absolute atomic E-state index is 0.313. The molecule has 0 bridgehead atoms. The van der Waals surface area contributed by atoms with E-state index in [1.807, 2.05) is 13.8 Å². The quantitative estimate of drug-likeness (QED) is 0.716.